The molecule has 0 amide bonds. The predicted octanol–water partition coefficient (Wildman–Crippen LogP) is 4.54. The van der Waals surface area contributed by atoms with E-state index in [1.165, 1.54) is 0 Å². The molecule has 1 aliphatic rings. The fraction of sp³-hybridized carbons (Fsp3) is 0.867. The number of rotatable bonds is 12. The molecule has 1 rings (SSSR count). The molecule has 9 heteroatoms. The molecular formula is C15H27O5PS3. The molecule has 140 valence electrons. The van der Waals surface area contributed by atoms with Crippen LogP contribution in [0.1, 0.15) is 52.4 Å². The van der Waals surface area contributed by atoms with Crippen molar-refractivity contribution in [1.29, 1.82) is 0 Å². The van der Waals surface area contributed by atoms with Crippen LogP contribution in [0.5, 0.6) is 0 Å². The average molecular weight is 415 g/mol. The third-order valence-corrected chi connectivity index (χ3v) is 13.1. The molecule has 1 unspecified atom stereocenters. The van der Waals surface area contributed by atoms with Crippen LogP contribution in [0.3, 0.4) is 0 Å². The Balaban J connectivity index is 2.46. The zero-order valence-electron chi connectivity index (χ0n) is 14.4. The zero-order valence-corrected chi connectivity index (χ0v) is 17.7. The van der Waals surface area contributed by atoms with Gasteiger partial charge in [-0.2, -0.15) is 0 Å². The van der Waals surface area contributed by atoms with Crippen LogP contribution >= 0.6 is 27.4 Å². The van der Waals surface area contributed by atoms with Gasteiger partial charge in [-0.1, -0.05) is 49.5 Å². The molecule has 1 atom stereocenters. The highest BCUT2D eigenvalue weighted by Crippen LogP contribution is 2.74. The Hall–Kier alpha value is 0.250. The molecule has 5 nitrogen and oxygen atoms in total. The number of unbranched alkanes of at least 4 members (excludes halogenated alkanes) is 2. The minimum Gasteiger partial charge on any atom is -0.462 e. The maximum Gasteiger partial charge on any atom is 0.306 e. The summed E-state index contributed by atoms with van der Waals surface area (Å²) >= 11 is 8.88. The van der Waals surface area contributed by atoms with Gasteiger partial charge in [-0.3, -0.25) is 9.59 Å². The highest BCUT2D eigenvalue weighted by atomic mass is 33.2. The summed E-state index contributed by atoms with van der Waals surface area (Å²) < 4.78 is 14.6. The second-order valence-corrected chi connectivity index (χ2v) is 16.2. The van der Waals surface area contributed by atoms with Crippen molar-refractivity contribution in [3.05, 3.63) is 0 Å². The largest absolute Gasteiger partial charge is 0.462 e. The van der Waals surface area contributed by atoms with Crippen LogP contribution in [-0.2, 0) is 35.4 Å². The summed E-state index contributed by atoms with van der Waals surface area (Å²) in [5.74, 6) is 1.45. The molecule has 0 aromatic rings. The van der Waals surface area contributed by atoms with Crippen molar-refractivity contribution in [3.63, 3.8) is 0 Å². The Morgan fingerprint density at radius 2 is 1.62 bits per heavy atom. The molecule has 1 saturated heterocycles. The lowest BCUT2D eigenvalue weighted by Crippen LogP contribution is -2.29. The third kappa shape index (κ3) is 9.66. The highest BCUT2D eigenvalue weighted by molar-refractivity contribution is 9.00. The summed E-state index contributed by atoms with van der Waals surface area (Å²) in [4.78, 5) is 23.5. The van der Waals surface area contributed by atoms with Gasteiger partial charge in [0.1, 0.15) is 6.61 Å². The molecule has 0 radical (unpaired) electrons. The summed E-state index contributed by atoms with van der Waals surface area (Å²) in [5, 5.41) is 0. The van der Waals surface area contributed by atoms with Gasteiger partial charge in [-0.25, -0.2) is 0 Å². The number of hydrogen-bond donors (Lipinski definition) is 0. The third-order valence-electron chi connectivity index (χ3n) is 3.20. The van der Waals surface area contributed by atoms with E-state index in [4.69, 9.17) is 25.8 Å². The summed E-state index contributed by atoms with van der Waals surface area (Å²) in [5.41, 5.74) is 0. The van der Waals surface area contributed by atoms with Crippen molar-refractivity contribution in [2.75, 3.05) is 24.7 Å². The van der Waals surface area contributed by atoms with Crippen molar-refractivity contribution >= 4 is 51.2 Å². The molecule has 1 heterocycles. The Kier molecular flexibility index (Phi) is 11.7. The average Bonchev–Trinajstić information content (AvgIpc) is 3.00. The number of esters is 2. The van der Waals surface area contributed by atoms with Gasteiger partial charge in [0, 0.05) is 24.3 Å². The van der Waals surface area contributed by atoms with Crippen LogP contribution in [0.4, 0.5) is 0 Å². The van der Waals surface area contributed by atoms with Crippen molar-refractivity contribution in [2.45, 2.75) is 58.5 Å². The van der Waals surface area contributed by atoms with Gasteiger partial charge in [-0.15, -0.1) is 0 Å². The van der Waals surface area contributed by atoms with Crippen molar-refractivity contribution < 1.29 is 23.6 Å². The lowest BCUT2D eigenvalue weighted by Gasteiger charge is -2.21. The maximum atomic E-state index is 11.9. The highest BCUT2D eigenvalue weighted by Gasteiger charge is 2.28. The first-order valence-corrected chi connectivity index (χ1v) is 14.3. The van der Waals surface area contributed by atoms with E-state index in [1.54, 1.807) is 22.8 Å². The lowest BCUT2D eigenvalue weighted by atomic mass is 10.2. The second kappa shape index (κ2) is 12.6. The molecule has 0 bridgehead atoms. The predicted molar refractivity (Wildman–Crippen MR) is 105 cm³/mol. The van der Waals surface area contributed by atoms with Crippen LogP contribution in [0.15, 0.2) is 0 Å². The van der Waals surface area contributed by atoms with Gasteiger partial charge >= 0.3 is 11.9 Å². The summed E-state index contributed by atoms with van der Waals surface area (Å²) in [7, 11) is 0. The van der Waals surface area contributed by atoms with Gasteiger partial charge in [0.2, 0.25) is 0 Å². The van der Waals surface area contributed by atoms with E-state index in [-0.39, 0.29) is 25.2 Å². The molecule has 0 saturated carbocycles. The quantitative estimate of drug-likeness (QED) is 0.341. The van der Waals surface area contributed by atoms with Crippen LogP contribution in [-0.4, -0.2) is 42.8 Å². The standard InChI is InChI=1S/C15H27O5PS3/c1-3-5-7-14(16)18-11-13(20-15(17)8-6-4-2)12-19-21(22)23-9-10-24-21/h13H,3-12H2,1-2H3. The Labute approximate surface area is 157 Å². The summed E-state index contributed by atoms with van der Waals surface area (Å²) in [6, 6.07) is 0. The molecule has 0 spiro atoms. The Morgan fingerprint density at radius 1 is 1.04 bits per heavy atom. The molecule has 1 fully saturated rings. The van der Waals surface area contributed by atoms with Gasteiger partial charge in [0.05, 0.1) is 6.61 Å². The Bertz CT molecular complexity index is 437. The molecule has 0 aromatic heterocycles. The van der Waals surface area contributed by atoms with E-state index in [2.05, 4.69) is 0 Å². The van der Waals surface area contributed by atoms with Crippen molar-refractivity contribution in [2.24, 2.45) is 0 Å². The van der Waals surface area contributed by atoms with Crippen LogP contribution in [0, 0.1) is 0 Å². The Morgan fingerprint density at radius 3 is 2.21 bits per heavy atom. The number of ether oxygens (including phenoxy) is 2. The van der Waals surface area contributed by atoms with Gasteiger partial charge in [-0.05, 0) is 24.6 Å². The topological polar surface area (TPSA) is 61.8 Å². The number of carbonyl (C=O) groups is 2. The van der Waals surface area contributed by atoms with Gasteiger partial charge < -0.3 is 14.0 Å². The molecule has 0 aromatic carbocycles. The van der Waals surface area contributed by atoms with Crippen molar-refractivity contribution in [1.82, 2.24) is 0 Å². The van der Waals surface area contributed by atoms with Gasteiger partial charge in [0.15, 0.2) is 10.8 Å². The van der Waals surface area contributed by atoms with E-state index >= 15 is 0 Å². The van der Waals surface area contributed by atoms with Crippen LogP contribution in [0.25, 0.3) is 0 Å². The summed E-state index contributed by atoms with van der Waals surface area (Å²) in [6.45, 7) is 4.26. The number of hydrogen-bond acceptors (Lipinski definition) is 8. The van der Waals surface area contributed by atoms with E-state index < -0.39 is 10.8 Å². The maximum absolute atomic E-state index is 11.9. The van der Waals surface area contributed by atoms with E-state index in [0.29, 0.717) is 12.8 Å². The molecule has 0 N–H and O–H groups in total. The minimum absolute atomic E-state index is 0.0328. The van der Waals surface area contributed by atoms with Crippen molar-refractivity contribution in [3.8, 4) is 0 Å². The number of carbonyl (C=O) groups excluding carboxylic acids is 2. The SMILES string of the molecule is CCCCC(=O)OCC(COP1(=S)SCCS1)OC(=O)CCCC. The second-order valence-electron chi connectivity index (χ2n) is 5.41. The molecule has 24 heavy (non-hydrogen) atoms. The van der Waals surface area contributed by atoms with E-state index in [9.17, 15) is 9.59 Å². The molecule has 1 aliphatic heterocycles. The lowest BCUT2D eigenvalue weighted by molar-refractivity contribution is -0.160. The first-order chi connectivity index (χ1) is 11.5. The molecular weight excluding hydrogens is 387 g/mol. The summed E-state index contributed by atoms with van der Waals surface area (Å²) in [6.07, 6.45) is 3.62. The molecule has 0 aliphatic carbocycles. The van der Waals surface area contributed by atoms with Crippen LogP contribution in [0.2, 0.25) is 0 Å². The zero-order chi connectivity index (χ0) is 17.8. The van der Waals surface area contributed by atoms with Gasteiger partial charge in [0.25, 0.3) is 0 Å². The fourth-order valence-electron chi connectivity index (χ4n) is 1.85. The minimum atomic E-state index is -1.92. The monoisotopic (exact) mass is 414 g/mol. The van der Waals surface area contributed by atoms with E-state index in [1.807, 2.05) is 13.8 Å². The first-order valence-electron chi connectivity index (χ1n) is 8.38. The normalized spacial score (nSPS) is 17.4. The van der Waals surface area contributed by atoms with E-state index in [0.717, 1.165) is 37.2 Å². The first kappa shape index (κ1) is 22.3. The smallest absolute Gasteiger partial charge is 0.306 e. The van der Waals surface area contributed by atoms with Crippen LogP contribution < -0.4 is 0 Å². The fourth-order valence-corrected chi connectivity index (χ4v) is 10.7.